The zero-order valence-electron chi connectivity index (χ0n) is 11.3. The molecule has 0 aliphatic heterocycles. The molecule has 0 atom stereocenters. The van der Waals surface area contributed by atoms with Gasteiger partial charge < -0.3 is 11.1 Å². The molecule has 0 unspecified atom stereocenters. The molecule has 7 heteroatoms. The molecule has 114 valence electrons. The molecule has 1 aromatic rings. The summed E-state index contributed by atoms with van der Waals surface area (Å²) >= 11 is 0. The number of hydrogen-bond acceptors (Lipinski definition) is 2. The van der Waals surface area contributed by atoms with Crippen molar-refractivity contribution in [3.63, 3.8) is 0 Å². The number of hydrogen-bond donors (Lipinski definition) is 2. The number of carbonyl (C=O) groups is 1. The van der Waals surface area contributed by atoms with Gasteiger partial charge in [0.2, 0.25) is 5.91 Å². The van der Waals surface area contributed by atoms with Gasteiger partial charge >= 0.3 is 6.18 Å². The second-order valence-electron chi connectivity index (χ2n) is 4.93. The molecule has 0 aliphatic rings. The first-order valence-corrected chi connectivity index (χ1v) is 5.82. The summed E-state index contributed by atoms with van der Waals surface area (Å²) in [7, 11) is 0. The lowest BCUT2D eigenvalue weighted by molar-refractivity contribution is -0.138. The topological polar surface area (TPSA) is 55.1 Å². The van der Waals surface area contributed by atoms with Crippen LogP contribution in [0.5, 0.6) is 0 Å². The molecule has 0 saturated heterocycles. The van der Waals surface area contributed by atoms with Crippen molar-refractivity contribution in [3.8, 4) is 0 Å². The first-order valence-electron chi connectivity index (χ1n) is 5.82. The molecule has 3 N–H and O–H groups in total. The van der Waals surface area contributed by atoms with Crippen molar-refractivity contribution in [2.75, 3.05) is 6.54 Å². The fourth-order valence-electron chi connectivity index (χ4n) is 1.46. The van der Waals surface area contributed by atoms with Crippen molar-refractivity contribution in [1.82, 2.24) is 5.32 Å². The third-order valence-corrected chi connectivity index (χ3v) is 2.89. The summed E-state index contributed by atoms with van der Waals surface area (Å²) in [5.41, 5.74) is 3.94. The number of nitrogens with one attached hydrogen (secondary N) is 1. The Morgan fingerprint density at radius 1 is 1.25 bits per heavy atom. The summed E-state index contributed by atoms with van der Waals surface area (Å²) in [6.45, 7) is 3.23. The lowest BCUT2D eigenvalue weighted by Crippen LogP contribution is -2.41. The van der Waals surface area contributed by atoms with Crippen LogP contribution in [0.1, 0.15) is 25.0 Å². The van der Waals surface area contributed by atoms with Gasteiger partial charge in [-0.3, -0.25) is 4.79 Å². The van der Waals surface area contributed by atoms with Crippen molar-refractivity contribution in [1.29, 1.82) is 0 Å². The second-order valence-corrected chi connectivity index (χ2v) is 4.93. The van der Waals surface area contributed by atoms with E-state index >= 15 is 0 Å². The number of alkyl halides is 3. The van der Waals surface area contributed by atoms with Crippen molar-refractivity contribution in [2.45, 2.75) is 26.6 Å². The molecule has 3 nitrogen and oxygen atoms in total. The Morgan fingerprint density at radius 3 is 2.30 bits per heavy atom. The highest BCUT2D eigenvalue weighted by Crippen LogP contribution is 2.31. The van der Waals surface area contributed by atoms with Crippen LogP contribution >= 0.6 is 12.4 Å². The molecule has 0 bridgehead atoms. The van der Waals surface area contributed by atoms with Crippen LogP contribution in [0, 0.1) is 5.41 Å². The Morgan fingerprint density at radius 2 is 1.80 bits per heavy atom. The maximum Gasteiger partial charge on any atom is 0.416 e. The summed E-state index contributed by atoms with van der Waals surface area (Å²) in [5.74, 6) is -0.369. The fraction of sp³-hybridized carbons (Fsp3) is 0.462. The summed E-state index contributed by atoms with van der Waals surface area (Å²) in [5, 5.41) is 2.48. The molecule has 1 amide bonds. The number of benzene rings is 1. The van der Waals surface area contributed by atoms with Gasteiger partial charge in [-0.25, -0.2) is 0 Å². The Bertz CT molecular complexity index is 461. The number of carbonyl (C=O) groups excluding carboxylic acids is 1. The van der Waals surface area contributed by atoms with Gasteiger partial charge in [0.1, 0.15) is 0 Å². The predicted molar refractivity (Wildman–Crippen MR) is 73.4 cm³/mol. The van der Waals surface area contributed by atoms with Crippen molar-refractivity contribution in [2.24, 2.45) is 11.1 Å². The molecule has 0 aliphatic carbocycles. The molecule has 20 heavy (non-hydrogen) atoms. The fourth-order valence-corrected chi connectivity index (χ4v) is 1.46. The van der Waals surface area contributed by atoms with Crippen molar-refractivity contribution >= 4 is 18.3 Å². The zero-order chi connectivity index (χ0) is 14.7. The first-order chi connectivity index (χ1) is 8.68. The van der Waals surface area contributed by atoms with E-state index in [4.69, 9.17) is 5.73 Å². The van der Waals surface area contributed by atoms with Crippen LogP contribution in [-0.2, 0) is 17.5 Å². The highest BCUT2D eigenvalue weighted by Gasteiger charge is 2.33. The van der Waals surface area contributed by atoms with E-state index in [0.29, 0.717) is 0 Å². The standard InChI is InChI=1S/C13H17F3N2O.ClH/c1-12(2,8-17)11(19)18-7-9-5-3-4-6-10(9)13(14,15)16;/h3-6H,7-8,17H2,1-2H3,(H,18,19);1H. The minimum absolute atomic E-state index is 0. The van der Waals surface area contributed by atoms with E-state index in [0.717, 1.165) is 6.07 Å². The van der Waals surface area contributed by atoms with E-state index in [1.165, 1.54) is 18.2 Å². The Labute approximate surface area is 122 Å². The number of rotatable bonds is 4. The van der Waals surface area contributed by atoms with E-state index in [1.54, 1.807) is 13.8 Å². The van der Waals surface area contributed by atoms with Crippen molar-refractivity contribution in [3.05, 3.63) is 35.4 Å². The summed E-state index contributed by atoms with van der Waals surface area (Å²) in [4.78, 5) is 11.8. The molecular weight excluding hydrogens is 293 g/mol. The van der Waals surface area contributed by atoms with Crippen LogP contribution in [-0.4, -0.2) is 12.5 Å². The third-order valence-electron chi connectivity index (χ3n) is 2.89. The van der Waals surface area contributed by atoms with Gasteiger partial charge in [0.25, 0.3) is 0 Å². The van der Waals surface area contributed by atoms with Gasteiger partial charge in [-0.15, -0.1) is 12.4 Å². The van der Waals surface area contributed by atoms with Crippen LogP contribution in [0.25, 0.3) is 0 Å². The highest BCUT2D eigenvalue weighted by molar-refractivity contribution is 5.85. The van der Waals surface area contributed by atoms with Crippen LogP contribution in [0.15, 0.2) is 24.3 Å². The zero-order valence-corrected chi connectivity index (χ0v) is 12.1. The summed E-state index contributed by atoms with van der Waals surface area (Å²) in [6.07, 6.45) is -4.43. The highest BCUT2D eigenvalue weighted by atomic mass is 35.5. The number of nitrogens with two attached hydrogens (primary N) is 1. The SMILES string of the molecule is CC(C)(CN)C(=O)NCc1ccccc1C(F)(F)F.Cl. The molecule has 0 fully saturated rings. The molecule has 1 aromatic carbocycles. The van der Waals surface area contributed by atoms with Crippen LogP contribution in [0.2, 0.25) is 0 Å². The average molecular weight is 311 g/mol. The normalized spacial score (nSPS) is 11.7. The van der Waals surface area contributed by atoms with E-state index in [1.807, 2.05) is 0 Å². The molecular formula is C13H18ClF3N2O. The van der Waals surface area contributed by atoms with Gasteiger partial charge in [0, 0.05) is 13.1 Å². The minimum Gasteiger partial charge on any atom is -0.352 e. The van der Waals surface area contributed by atoms with Crippen LogP contribution in [0.3, 0.4) is 0 Å². The molecule has 0 spiro atoms. The molecule has 0 aromatic heterocycles. The number of amides is 1. The molecule has 0 radical (unpaired) electrons. The largest absolute Gasteiger partial charge is 0.416 e. The molecule has 0 saturated carbocycles. The summed E-state index contributed by atoms with van der Waals surface area (Å²) in [6, 6.07) is 5.16. The van der Waals surface area contributed by atoms with Crippen molar-refractivity contribution < 1.29 is 18.0 Å². The van der Waals surface area contributed by atoms with Gasteiger partial charge in [-0.1, -0.05) is 18.2 Å². The van der Waals surface area contributed by atoms with Gasteiger partial charge in [-0.2, -0.15) is 13.2 Å². The van der Waals surface area contributed by atoms with Gasteiger partial charge in [-0.05, 0) is 25.5 Å². The second kappa shape index (κ2) is 6.95. The minimum atomic E-state index is -4.43. The predicted octanol–water partition coefficient (Wildman–Crippen LogP) is 2.73. The average Bonchev–Trinajstić information content (AvgIpc) is 2.35. The van der Waals surface area contributed by atoms with Crippen LogP contribution < -0.4 is 11.1 Å². The Hall–Kier alpha value is -1.27. The van der Waals surface area contributed by atoms with Gasteiger partial charge in [0.05, 0.1) is 11.0 Å². The third kappa shape index (κ3) is 4.68. The summed E-state index contributed by atoms with van der Waals surface area (Å²) < 4.78 is 38.2. The van der Waals surface area contributed by atoms with E-state index in [-0.39, 0.29) is 37.0 Å². The van der Waals surface area contributed by atoms with E-state index in [2.05, 4.69) is 5.32 Å². The van der Waals surface area contributed by atoms with E-state index < -0.39 is 17.2 Å². The Balaban J connectivity index is 0.00000361. The van der Waals surface area contributed by atoms with Crippen LogP contribution in [0.4, 0.5) is 13.2 Å². The monoisotopic (exact) mass is 310 g/mol. The lowest BCUT2D eigenvalue weighted by atomic mass is 9.92. The van der Waals surface area contributed by atoms with Gasteiger partial charge in [0.15, 0.2) is 0 Å². The number of halogens is 4. The Kier molecular flexibility index (Phi) is 6.50. The maximum atomic E-state index is 12.7. The quantitative estimate of drug-likeness (QED) is 0.898. The molecule has 0 heterocycles. The first kappa shape index (κ1) is 18.7. The lowest BCUT2D eigenvalue weighted by Gasteiger charge is -2.22. The maximum absolute atomic E-state index is 12.7. The smallest absolute Gasteiger partial charge is 0.352 e. The van der Waals surface area contributed by atoms with E-state index in [9.17, 15) is 18.0 Å². The molecule has 1 rings (SSSR count).